The van der Waals surface area contributed by atoms with Crippen LogP contribution < -0.4 is 10.2 Å². The molecule has 2 fully saturated rings. The van der Waals surface area contributed by atoms with Gasteiger partial charge in [0.05, 0.1) is 5.56 Å². The quantitative estimate of drug-likeness (QED) is 0.865. The largest absolute Gasteiger partial charge is 0.371 e. The Labute approximate surface area is 163 Å². The van der Waals surface area contributed by atoms with E-state index in [9.17, 15) is 9.59 Å². The Hall–Kier alpha value is -2.04. The lowest BCUT2D eigenvalue weighted by Crippen LogP contribution is -2.38. The van der Waals surface area contributed by atoms with Crippen molar-refractivity contribution >= 4 is 23.2 Å². The van der Waals surface area contributed by atoms with Crippen LogP contribution in [-0.2, 0) is 4.79 Å². The van der Waals surface area contributed by atoms with E-state index in [4.69, 9.17) is 0 Å². The van der Waals surface area contributed by atoms with Crippen LogP contribution in [-0.4, -0.2) is 42.9 Å². The number of hydrogen-bond acceptors (Lipinski definition) is 3. The molecule has 0 spiro atoms. The maximum absolute atomic E-state index is 13.3. The van der Waals surface area contributed by atoms with E-state index in [1.165, 1.54) is 6.42 Å². The van der Waals surface area contributed by atoms with Gasteiger partial charge in [-0.15, -0.1) is 0 Å². The highest BCUT2D eigenvalue weighted by molar-refractivity contribution is 6.02. The van der Waals surface area contributed by atoms with Gasteiger partial charge in [-0.25, -0.2) is 0 Å². The Morgan fingerprint density at radius 1 is 1.04 bits per heavy atom. The monoisotopic (exact) mass is 371 g/mol. The lowest BCUT2D eigenvalue weighted by molar-refractivity contribution is -0.118. The maximum Gasteiger partial charge on any atom is 0.256 e. The Morgan fingerprint density at radius 2 is 1.70 bits per heavy atom. The van der Waals surface area contributed by atoms with E-state index in [1.807, 2.05) is 36.9 Å². The van der Waals surface area contributed by atoms with Gasteiger partial charge in [0.2, 0.25) is 5.91 Å². The molecule has 0 bridgehead atoms. The molecule has 2 saturated heterocycles. The molecule has 1 N–H and O–H groups in total. The number of benzene rings is 1. The summed E-state index contributed by atoms with van der Waals surface area (Å²) in [6.07, 6.45) is 5.66. The summed E-state index contributed by atoms with van der Waals surface area (Å²) in [4.78, 5) is 29.7. The minimum Gasteiger partial charge on any atom is -0.371 e. The van der Waals surface area contributed by atoms with Crippen molar-refractivity contribution in [3.63, 3.8) is 0 Å². The van der Waals surface area contributed by atoms with Gasteiger partial charge in [0.25, 0.3) is 5.91 Å². The van der Waals surface area contributed by atoms with Crippen molar-refractivity contribution in [2.75, 3.05) is 36.4 Å². The van der Waals surface area contributed by atoms with Crippen LogP contribution >= 0.6 is 0 Å². The third-order valence-electron chi connectivity index (χ3n) is 5.79. The molecule has 148 valence electrons. The SMILES string of the molecule is CC1CCN(c2ccc(NC(=O)C(C)C)cc2C(=O)N2CCCCC2)CC1. The van der Waals surface area contributed by atoms with Gasteiger partial charge >= 0.3 is 0 Å². The van der Waals surface area contributed by atoms with Gasteiger partial charge in [0, 0.05) is 43.5 Å². The van der Waals surface area contributed by atoms with Gasteiger partial charge in [0.1, 0.15) is 0 Å². The minimum absolute atomic E-state index is 0.0223. The zero-order valence-electron chi connectivity index (χ0n) is 17.0. The van der Waals surface area contributed by atoms with E-state index in [0.717, 1.165) is 69.0 Å². The van der Waals surface area contributed by atoms with E-state index in [1.54, 1.807) is 0 Å². The van der Waals surface area contributed by atoms with Crippen LogP contribution in [0.4, 0.5) is 11.4 Å². The second kappa shape index (κ2) is 8.77. The highest BCUT2D eigenvalue weighted by Crippen LogP contribution is 2.30. The molecule has 0 atom stereocenters. The number of likely N-dealkylation sites (tertiary alicyclic amines) is 1. The average Bonchev–Trinajstić information content (AvgIpc) is 2.68. The fourth-order valence-electron chi connectivity index (χ4n) is 3.86. The number of nitrogens with zero attached hydrogens (tertiary/aromatic N) is 2. The molecule has 1 aromatic rings. The van der Waals surface area contributed by atoms with Crippen LogP contribution in [0.1, 0.15) is 63.2 Å². The van der Waals surface area contributed by atoms with Crippen LogP contribution in [0.15, 0.2) is 18.2 Å². The van der Waals surface area contributed by atoms with Gasteiger partial charge in [-0.2, -0.15) is 0 Å². The van der Waals surface area contributed by atoms with E-state index in [0.29, 0.717) is 5.69 Å². The van der Waals surface area contributed by atoms with Gasteiger partial charge in [-0.3, -0.25) is 9.59 Å². The van der Waals surface area contributed by atoms with Crippen LogP contribution in [0.3, 0.4) is 0 Å². The number of carbonyl (C=O) groups excluding carboxylic acids is 2. The number of carbonyl (C=O) groups is 2. The molecule has 5 heteroatoms. The predicted octanol–water partition coefficient (Wildman–Crippen LogP) is 4.14. The summed E-state index contributed by atoms with van der Waals surface area (Å²) >= 11 is 0. The molecule has 0 radical (unpaired) electrons. The molecule has 0 aromatic heterocycles. The molecule has 0 saturated carbocycles. The molecule has 2 amide bonds. The predicted molar refractivity (Wildman–Crippen MR) is 110 cm³/mol. The summed E-state index contributed by atoms with van der Waals surface area (Å²) in [7, 11) is 0. The van der Waals surface area contributed by atoms with Crippen LogP contribution in [0.5, 0.6) is 0 Å². The molecule has 27 heavy (non-hydrogen) atoms. The summed E-state index contributed by atoms with van der Waals surface area (Å²) < 4.78 is 0. The molecular weight excluding hydrogens is 338 g/mol. The second-order valence-electron chi connectivity index (χ2n) is 8.40. The molecule has 3 rings (SSSR count). The van der Waals surface area contributed by atoms with E-state index in [2.05, 4.69) is 17.1 Å². The maximum atomic E-state index is 13.3. The molecule has 0 aliphatic carbocycles. The zero-order chi connectivity index (χ0) is 19.4. The van der Waals surface area contributed by atoms with E-state index >= 15 is 0 Å². The summed E-state index contributed by atoms with van der Waals surface area (Å²) in [5.74, 6) is 0.733. The lowest BCUT2D eigenvalue weighted by atomic mass is 9.97. The number of piperidine rings is 2. The van der Waals surface area contributed by atoms with Crippen LogP contribution in [0.2, 0.25) is 0 Å². The lowest BCUT2D eigenvalue weighted by Gasteiger charge is -2.35. The Morgan fingerprint density at radius 3 is 2.33 bits per heavy atom. The fourth-order valence-corrected chi connectivity index (χ4v) is 3.86. The van der Waals surface area contributed by atoms with Gasteiger partial charge in [-0.05, 0) is 56.2 Å². The fraction of sp³-hybridized carbons (Fsp3) is 0.636. The summed E-state index contributed by atoms with van der Waals surface area (Å²) in [6.45, 7) is 9.67. The highest BCUT2D eigenvalue weighted by atomic mass is 16.2. The number of hydrogen-bond donors (Lipinski definition) is 1. The first-order valence-electron chi connectivity index (χ1n) is 10.4. The van der Waals surface area contributed by atoms with Crippen molar-refractivity contribution < 1.29 is 9.59 Å². The third kappa shape index (κ3) is 4.82. The second-order valence-corrected chi connectivity index (χ2v) is 8.40. The number of amides is 2. The molecule has 1 aromatic carbocycles. The van der Waals surface area contributed by atoms with Crippen LogP contribution in [0, 0.1) is 11.8 Å². The standard InChI is InChI=1S/C22H33N3O2/c1-16(2)21(26)23-18-7-8-20(24-13-9-17(3)10-14-24)19(15-18)22(27)25-11-5-4-6-12-25/h7-8,15-17H,4-6,9-14H2,1-3H3,(H,23,26). The molecule has 2 aliphatic rings. The third-order valence-corrected chi connectivity index (χ3v) is 5.79. The van der Waals surface area contributed by atoms with Crippen molar-refractivity contribution in [1.29, 1.82) is 0 Å². The van der Waals surface area contributed by atoms with E-state index in [-0.39, 0.29) is 17.7 Å². The first kappa shape index (κ1) is 19.7. The topological polar surface area (TPSA) is 52.7 Å². The summed E-state index contributed by atoms with van der Waals surface area (Å²) in [5, 5.41) is 2.95. The zero-order valence-corrected chi connectivity index (χ0v) is 17.0. The normalized spacial score (nSPS) is 18.7. The Kier molecular flexibility index (Phi) is 6.40. The Balaban J connectivity index is 1.89. The average molecular weight is 372 g/mol. The first-order valence-corrected chi connectivity index (χ1v) is 10.4. The molecule has 2 heterocycles. The Bertz CT molecular complexity index is 672. The van der Waals surface area contributed by atoms with Crippen LogP contribution in [0.25, 0.3) is 0 Å². The first-order chi connectivity index (χ1) is 13.0. The molecule has 5 nitrogen and oxygen atoms in total. The van der Waals surface area contributed by atoms with Gasteiger partial charge < -0.3 is 15.1 Å². The highest BCUT2D eigenvalue weighted by Gasteiger charge is 2.25. The van der Waals surface area contributed by atoms with Gasteiger partial charge in [-0.1, -0.05) is 20.8 Å². The minimum atomic E-state index is -0.0884. The molecule has 2 aliphatic heterocycles. The number of rotatable bonds is 4. The molecule has 0 unspecified atom stereocenters. The molecular formula is C22H33N3O2. The van der Waals surface area contributed by atoms with Crippen molar-refractivity contribution in [3.8, 4) is 0 Å². The van der Waals surface area contributed by atoms with Crippen molar-refractivity contribution in [1.82, 2.24) is 4.90 Å². The summed E-state index contributed by atoms with van der Waals surface area (Å²) in [6, 6.07) is 5.83. The van der Waals surface area contributed by atoms with Crippen molar-refractivity contribution in [2.24, 2.45) is 11.8 Å². The smallest absolute Gasteiger partial charge is 0.256 e. The van der Waals surface area contributed by atoms with Crippen molar-refractivity contribution in [3.05, 3.63) is 23.8 Å². The summed E-state index contributed by atoms with van der Waals surface area (Å²) in [5.41, 5.74) is 2.45. The van der Waals surface area contributed by atoms with E-state index < -0.39 is 0 Å². The van der Waals surface area contributed by atoms with Gasteiger partial charge in [0.15, 0.2) is 0 Å². The number of nitrogens with one attached hydrogen (secondary N) is 1. The number of anilines is 2. The van der Waals surface area contributed by atoms with Crippen molar-refractivity contribution in [2.45, 2.75) is 52.9 Å².